The van der Waals surface area contributed by atoms with Crippen molar-refractivity contribution < 1.29 is 4.74 Å². The normalized spacial score (nSPS) is 9.00. The minimum absolute atomic E-state index is 0.0103. The van der Waals surface area contributed by atoms with Gasteiger partial charge in [-0.25, -0.2) is 0 Å². The van der Waals surface area contributed by atoms with E-state index in [2.05, 4.69) is 0 Å². The van der Waals surface area contributed by atoms with Gasteiger partial charge in [0, 0.05) is 0 Å². The molecule has 0 aliphatic carbocycles. The Labute approximate surface area is 77.1 Å². The number of nitriles is 1. The molecule has 0 unspecified atom stereocenters. The molecule has 0 spiro atoms. The summed E-state index contributed by atoms with van der Waals surface area (Å²) in [7, 11) is 5.45. The monoisotopic (exact) mass is 177 g/mol. The van der Waals surface area contributed by atoms with Crippen LogP contribution in [0.2, 0.25) is 5.02 Å². The standard InChI is InChI=1S/C8H5BClNO/c9-6-1-2-8(7(10)5-6)12-4-3-11/h1-2,5H,4H2. The lowest BCUT2D eigenvalue weighted by Gasteiger charge is -2.03. The van der Waals surface area contributed by atoms with E-state index in [0.29, 0.717) is 16.2 Å². The summed E-state index contributed by atoms with van der Waals surface area (Å²) in [5.41, 5.74) is 0.573. The smallest absolute Gasteiger partial charge is 0.174 e. The highest BCUT2D eigenvalue weighted by atomic mass is 35.5. The second-order valence-corrected chi connectivity index (χ2v) is 2.54. The predicted octanol–water partition coefficient (Wildman–Crippen LogP) is 1.04. The van der Waals surface area contributed by atoms with Crippen LogP contribution in [0.5, 0.6) is 5.75 Å². The van der Waals surface area contributed by atoms with Gasteiger partial charge in [0.15, 0.2) is 6.61 Å². The van der Waals surface area contributed by atoms with Crippen LogP contribution in [0, 0.1) is 11.3 Å². The first-order valence-corrected chi connectivity index (χ1v) is 3.66. The van der Waals surface area contributed by atoms with Crippen molar-refractivity contribution in [2.45, 2.75) is 0 Å². The number of hydrogen-bond donors (Lipinski definition) is 0. The summed E-state index contributed by atoms with van der Waals surface area (Å²) in [6.45, 7) is -0.0103. The van der Waals surface area contributed by atoms with Crippen LogP contribution in [0.4, 0.5) is 0 Å². The maximum Gasteiger partial charge on any atom is 0.174 e. The fourth-order valence-electron chi connectivity index (χ4n) is 0.744. The molecule has 1 rings (SSSR count). The summed E-state index contributed by atoms with van der Waals surface area (Å²) in [5.74, 6) is 0.479. The number of ether oxygens (including phenoxy) is 1. The fourth-order valence-corrected chi connectivity index (χ4v) is 0.988. The van der Waals surface area contributed by atoms with Crippen LogP contribution in [0.1, 0.15) is 0 Å². The Kier molecular flexibility index (Phi) is 3.01. The quantitative estimate of drug-likeness (QED) is 0.632. The van der Waals surface area contributed by atoms with Crippen molar-refractivity contribution in [2.75, 3.05) is 6.61 Å². The van der Waals surface area contributed by atoms with Crippen LogP contribution in [-0.2, 0) is 0 Å². The van der Waals surface area contributed by atoms with Gasteiger partial charge in [0.1, 0.15) is 19.7 Å². The molecule has 2 radical (unpaired) electrons. The van der Waals surface area contributed by atoms with Gasteiger partial charge in [-0.3, -0.25) is 0 Å². The molecular formula is C8H5BClNO. The van der Waals surface area contributed by atoms with Gasteiger partial charge in [0.25, 0.3) is 0 Å². The number of halogens is 1. The zero-order valence-corrected chi connectivity index (χ0v) is 7.01. The van der Waals surface area contributed by atoms with Gasteiger partial charge in [0.2, 0.25) is 0 Å². The first-order chi connectivity index (χ1) is 5.74. The van der Waals surface area contributed by atoms with E-state index in [1.54, 1.807) is 18.2 Å². The van der Waals surface area contributed by atoms with E-state index >= 15 is 0 Å². The number of benzene rings is 1. The Morgan fingerprint density at radius 1 is 1.58 bits per heavy atom. The maximum absolute atomic E-state index is 8.23. The van der Waals surface area contributed by atoms with E-state index in [0.717, 1.165) is 0 Å². The zero-order chi connectivity index (χ0) is 8.97. The van der Waals surface area contributed by atoms with Crippen LogP contribution < -0.4 is 10.2 Å². The molecule has 1 aromatic rings. The van der Waals surface area contributed by atoms with Gasteiger partial charge in [-0.1, -0.05) is 23.1 Å². The zero-order valence-electron chi connectivity index (χ0n) is 6.25. The highest BCUT2D eigenvalue weighted by Crippen LogP contribution is 2.21. The molecule has 0 aliphatic rings. The average Bonchev–Trinajstić information content (AvgIpc) is 2.03. The Morgan fingerprint density at radius 3 is 2.92 bits per heavy atom. The van der Waals surface area contributed by atoms with Crippen molar-refractivity contribution in [2.24, 2.45) is 0 Å². The van der Waals surface area contributed by atoms with E-state index in [4.69, 9.17) is 29.4 Å². The molecule has 0 bridgehead atoms. The molecule has 0 heterocycles. The summed E-state index contributed by atoms with van der Waals surface area (Å²) in [6.07, 6.45) is 0. The SMILES string of the molecule is [B]c1ccc(OCC#N)c(Cl)c1. The van der Waals surface area contributed by atoms with Gasteiger partial charge in [-0.15, -0.1) is 0 Å². The average molecular weight is 177 g/mol. The highest BCUT2D eigenvalue weighted by molar-refractivity contribution is 6.37. The van der Waals surface area contributed by atoms with Crippen LogP contribution in [0.15, 0.2) is 18.2 Å². The molecular weight excluding hydrogens is 172 g/mol. The summed E-state index contributed by atoms with van der Waals surface area (Å²) in [4.78, 5) is 0. The van der Waals surface area contributed by atoms with Gasteiger partial charge >= 0.3 is 0 Å². The third kappa shape index (κ3) is 2.18. The molecule has 0 N–H and O–H groups in total. The molecule has 0 aliphatic heterocycles. The molecule has 12 heavy (non-hydrogen) atoms. The molecule has 2 nitrogen and oxygen atoms in total. The Morgan fingerprint density at radius 2 is 2.33 bits per heavy atom. The highest BCUT2D eigenvalue weighted by Gasteiger charge is 1.99. The van der Waals surface area contributed by atoms with Crippen molar-refractivity contribution in [3.8, 4) is 11.8 Å². The minimum atomic E-state index is -0.0103. The fraction of sp³-hybridized carbons (Fsp3) is 0.125. The van der Waals surface area contributed by atoms with Crippen molar-refractivity contribution >= 4 is 24.9 Å². The van der Waals surface area contributed by atoms with Gasteiger partial charge in [0.05, 0.1) is 5.02 Å². The molecule has 1 aromatic carbocycles. The third-order valence-corrected chi connectivity index (χ3v) is 1.54. The maximum atomic E-state index is 8.23. The Hall–Kier alpha value is -1.14. The summed E-state index contributed by atoms with van der Waals surface area (Å²) < 4.78 is 4.99. The first kappa shape index (κ1) is 8.96. The largest absolute Gasteiger partial charge is 0.477 e. The van der Waals surface area contributed by atoms with Gasteiger partial charge in [-0.2, -0.15) is 5.26 Å². The first-order valence-electron chi connectivity index (χ1n) is 3.29. The Balaban J connectivity index is 2.81. The molecule has 0 atom stereocenters. The molecule has 0 amide bonds. The van der Waals surface area contributed by atoms with E-state index in [9.17, 15) is 0 Å². The summed E-state index contributed by atoms with van der Waals surface area (Å²) in [6, 6.07) is 6.72. The summed E-state index contributed by atoms with van der Waals surface area (Å²) in [5, 5.41) is 8.65. The second kappa shape index (κ2) is 4.03. The van der Waals surface area contributed by atoms with Crippen molar-refractivity contribution in [3.63, 3.8) is 0 Å². The Bertz CT molecular complexity index is 321. The van der Waals surface area contributed by atoms with Crippen LogP contribution in [0.3, 0.4) is 0 Å². The third-order valence-electron chi connectivity index (χ3n) is 1.25. The van der Waals surface area contributed by atoms with Crippen molar-refractivity contribution in [1.82, 2.24) is 0 Å². The van der Waals surface area contributed by atoms with Gasteiger partial charge < -0.3 is 4.74 Å². The van der Waals surface area contributed by atoms with Crippen molar-refractivity contribution in [3.05, 3.63) is 23.2 Å². The molecule has 0 aromatic heterocycles. The predicted molar refractivity (Wildman–Crippen MR) is 47.9 cm³/mol. The van der Waals surface area contributed by atoms with E-state index in [1.807, 2.05) is 6.07 Å². The van der Waals surface area contributed by atoms with E-state index < -0.39 is 0 Å². The van der Waals surface area contributed by atoms with E-state index in [1.165, 1.54) is 0 Å². The second-order valence-electron chi connectivity index (χ2n) is 2.14. The van der Waals surface area contributed by atoms with Crippen LogP contribution in [-0.4, -0.2) is 14.5 Å². The van der Waals surface area contributed by atoms with Gasteiger partial charge in [-0.05, 0) is 12.1 Å². The van der Waals surface area contributed by atoms with Crippen molar-refractivity contribution in [1.29, 1.82) is 5.26 Å². The minimum Gasteiger partial charge on any atom is -0.477 e. The van der Waals surface area contributed by atoms with E-state index in [-0.39, 0.29) is 6.61 Å². The van der Waals surface area contributed by atoms with Crippen LogP contribution >= 0.6 is 11.6 Å². The lowest BCUT2D eigenvalue weighted by Crippen LogP contribution is -2.02. The molecule has 4 heteroatoms. The lowest BCUT2D eigenvalue weighted by molar-refractivity contribution is 0.368. The summed E-state index contributed by atoms with van der Waals surface area (Å²) >= 11 is 5.75. The number of rotatable bonds is 2. The van der Waals surface area contributed by atoms with Crippen LogP contribution in [0.25, 0.3) is 0 Å². The number of nitrogens with zero attached hydrogens (tertiary/aromatic N) is 1. The molecule has 0 fully saturated rings. The molecule has 0 saturated heterocycles. The molecule has 0 saturated carbocycles. The lowest BCUT2D eigenvalue weighted by atomic mass is 9.97. The number of hydrogen-bond acceptors (Lipinski definition) is 2. The molecule has 58 valence electrons. The topological polar surface area (TPSA) is 33.0 Å².